The summed E-state index contributed by atoms with van der Waals surface area (Å²) in [6, 6.07) is 16.1. The minimum Gasteiger partial charge on any atom is -0.326 e. The van der Waals surface area contributed by atoms with Crippen molar-refractivity contribution in [1.29, 1.82) is 0 Å². The predicted octanol–water partition coefficient (Wildman–Crippen LogP) is 4.44. The first-order valence-electron chi connectivity index (χ1n) is 10.4. The third-order valence-corrected chi connectivity index (χ3v) is 6.17. The van der Waals surface area contributed by atoms with Crippen LogP contribution in [0, 0.1) is 0 Å². The van der Waals surface area contributed by atoms with Gasteiger partial charge in [0.2, 0.25) is 0 Å². The molecule has 2 heterocycles. The van der Waals surface area contributed by atoms with E-state index in [-0.39, 0.29) is 5.91 Å². The summed E-state index contributed by atoms with van der Waals surface area (Å²) in [4.78, 5) is 20.0. The number of hydrogen-bond acceptors (Lipinski definition) is 3. The molecule has 0 radical (unpaired) electrons. The Morgan fingerprint density at radius 2 is 1.82 bits per heavy atom. The lowest BCUT2D eigenvalue weighted by Crippen LogP contribution is -2.42. The summed E-state index contributed by atoms with van der Waals surface area (Å²) < 4.78 is 2.34. The van der Waals surface area contributed by atoms with Gasteiger partial charge in [-0.2, -0.15) is 0 Å². The summed E-state index contributed by atoms with van der Waals surface area (Å²) in [6.45, 7) is 3.04. The molecule has 3 aromatic rings. The first-order valence-corrected chi connectivity index (χ1v) is 10.4. The molecule has 1 amide bonds. The maximum Gasteiger partial charge on any atom is 0.255 e. The van der Waals surface area contributed by atoms with Crippen molar-refractivity contribution in [2.75, 3.05) is 11.9 Å². The van der Waals surface area contributed by atoms with Gasteiger partial charge >= 0.3 is 0 Å². The molecule has 5 nitrogen and oxygen atoms in total. The quantitative estimate of drug-likeness (QED) is 0.737. The van der Waals surface area contributed by atoms with Crippen molar-refractivity contribution < 1.29 is 4.79 Å². The molecule has 2 aliphatic rings. The number of benzene rings is 2. The van der Waals surface area contributed by atoms with E-state index >= 15 is 0 Å². The molecule has 1 aromatic heterocycles. The Morgan fingerprint density at radius 1 is 1.00 bits per heavy atom. The van der Waals surface area contributed by atoms with Gasteiger partial charge in [-0.15, -0.1) is 0 Å². The van der Waals surface area contributed by atoms with E-state index in [0.717, 1.165) is 48.2 Å². The number of nitrogens with one attached hydrogen (secondary N) is 1. The Bertz CT molecular complexity index is 989. The van der Waals surface area contributed by atoms with Gasteiger partial charge in [-0.3, -0.25) is 9.69 Å². The molecular weight excluding hydrogens is 348 g/mol. The van der Waals surface area contributed by atoms with Crippen LogP contribution in [0.25, 0.3) is 11.0 Å². The fourth-order valence-electron chi connectivity index (χ4n) is 4.67. The molecule has 5 heteroatoms. The average molecular weight is 374 g/mol. The monoisotopic (exact) mass is 374 g/mol. The molecule has 1 aliphatic carbocycles. The number of hydrogen-bond donors (Lipinski definition) is 1. The fourth-order valence-corrected chi connectivity index (χ4v) is 4.67. The van der Waals surface area contributed by atoms with E-state index in [0.29, 0.717) is 5.56 Å². The normalized spacial score (nSPS) is 18.1. The Kier molecular flexibility index (Phi) is 4.61. The van der Waals surface area contributed by atoms with Crippen LogP contribution in [0.2, 0.25) is 0 Å². The van der Waals surface area contributed by atoms with E-state index in [1.54, 1.807) is 0 Å². The highest BCUT2D eigenvalue weighted by atomic mass is 16.1. The third kappa shape index (κ3) is 3.31. The average Bonchev–Trinajstić information content (AvgIpc) is 3.12. The van der Waals surface area contributed by atoms with Gasteiger partial charge in [0.1, 0.15) is 5.82 Å². The Balaban J connectivity index is 1.36. The number of imidazole rings is 1. The molecule has 1 saturated carbocycles. The van der Waals surface area contributed by atoms with Gasteiger partial charge in [-0.1, -0.05) is 37.5 Å². The van der Waals surface area contributed by atoms with Crippen molar-refractivity contribution >= 4 is 22.6 Å². The molecule has 0 atom stereocenters. The third-order valence-electron chi connectivity index (χ3n) is 6.17. The SMILES string of the molecule is O=C(Nc1ccc2c(c1)nc1n2CCN(C2CCCCC2)C1)c1ccccc1. The minimum absolute atomic E-state index is 0.0904. The summed E-state index contributed by atoms with van der Waals surface area (Å²) in [6.07, 6.45) is 6.77. The van der Waals surface area contributed by atoms with Crippen LogP contribution < -0.4 is 5.32 Å². The van der Waals surface area contributed by atoms with Gasteiger partial charge in [-0.25, -0.2) is 4.98 Å². The number of rotatable bonds is 3. The molecule has 1 N–H and O–H groups in total. The zero-order chi connectivity index (χ0) is 18.9. The minimum atomic E-state index is -0.0904. The first-order chi connectivity index (χ1) is 13.8. The van der Waals surface area contributed by atoms with Crippen molar-refractivity contribution in [3.8, 4) is 0 Å². The van der Waals surface area contributed by atoms with Crippen LogP contribution in [0.15, 0.2) is 48.5 Å². The van der Waals surface area contributed by atoms with E-state index in [2.05, 4.69) is 20.9 Å². The lowest BCUT2D eigenvalue weighted by molar-refractivity contribution is 0.102. The van der Waals surface area contributed by atoms with Crippen molar-refractivity contribution in [2.45, 2.75) is 51.2 Å². The number of amides is 1. The maximum atomic E-state index is 12.4. The second kappa shape index (κ2) is 7.40. The summed E-state index contributed by atoms with van der Waals surface area (Å²) in [5.41, 5.74) is 3.58. The standard InChI is InChI=1S/C23H26N4O/c28-23(17-7-3-1-4-8-17)24-18-11-12-21-20(15-18)25-22-16-26(13-14-27(21)22)19-9-5-2-6-10-19/h1,3-4,7-8,11-12,15,19H,2,5-6,9-10,13-14,16H2,(H,24,28). The lowest BCUT2D eigenvalue weighted by atomic mass is 9.94. The first kappa shape index (κ1) is 17.4. The number of carbonyl (C=O) groups is 1. The Hall–Kier alpha value is -2.66. The summed E-state index contributed by atoms with van der Waals surface area (Å²) >= 11 is 0. The topological polar surface area (TPSA) is 50.2 Å². The van der Waals surface area contributed by atoms with Crippen LogP contribution in [0.5, 0.6) is 0 Å². The van der Waals surface area contributed by atoms with E-state index in [4.69, 9.17) is 4.98 Å². The number of anilines is 1. The van der Waals surface area contributed by atoms with Gasteiger partial charge in [-0.05, 0) is 43.2 Å². The zero-order valence-corrected chi connectivity index (χ0v) is 16.1. The molecular formula is C23H26N4O. The molecule has 0 saturated heterocycles. The highest BCUT2D eigenvalue weighted by Gasteiger charge is 2.26. The molecule has 0 bridgehead atoms. The summed E-state index contributed by atoms with van der Waals surface area (Å²) in [5.74, 6) is 1.06. The number of aromatic nitrogens is 2. The van der Waals surface area contributed by atoms with Gasteiger partial charge < -0.3 is 9.88 Å². The number of fused-ring (bicyclic) bond motifs is 3. The molecule has 144 valence electrons. The summed E-state index contributed by atoms with van der Waals surface area (Å²) in [5, 5.41) is 2.99. The smallest absolute Gasteiger partial charge is 0.255 e. The van der Waals surface area contributed by atoms with Crippen LogP contribution in [-0.2, 0) is 13.1 Å². The zero-order valence-electron chi connectivity index (χ0n) is 16.1. The highest BCUT2D eigenvalue weighted by Crippen LogP contribution is 2.28. The maximum absolute atomic E-state index is 12.4. The second-order valence-corrected chi connectivity index (χ2v) is 7.97. The van der Waals surface area contributed by atoms with E-state index in [1.807, 2.05) is 42.5 Å². The molecule has 2 aromatic carbocycles. The molecule has 5 rings (SSSR count). The largest absolute Gasteiger partial charge is 0.326 e. The van der Waals surface area contributed by atoms with Crippen LogP contribution in [0.4, 0.5) is 5.69 Å². The van der Waals surface area contributed by atoms with Crippen molar-refractivity contribution in [1.82, 2.24) is 14.5 Å². The lowest BCUT2D eigenvalue weighted by Gasteiger charge is -2.36. The van der Waals surface area contributed by atoms with E-state index in [1.165, 1.54) is 32.1 Å². The van der Waals surface area contributed by atoms with Gasteiger partial charge in [0.15, 0.2) is 0 Å². The van der Waals surface area contributed by atoms with Crippen LogP contribution in [-0.4, -0.2) is 32.9 Å². The van der Waals surface area contributed by atoms with Crippen LogP contribution >= 0.6 is 0 Å². The van der Waals surface area contributed by atoms with E-state index < -0.39 is 0 Å². The molecule has 0 spiro atoms. The van der Waals surface area contributed by atoms with Crippen molar-refractivity contribution in [3.05, 3.63) is 59.9 Å². The fraction of sp³-hybridized carbons (Fsp3) is 0.391. The van der Waals surface area contributed by atoms with Crippen LogP contribution in [0.1, 0.15) is 48.3 Å². The second-order valence-electron chi connectivity index (χ2n) is 7.97. The van der Waals surface area contributed by atoms with Crippen LogP contribution in [0.3, 0.4) is 0 Å². The van der Waals surface area contributed by atoms with E-state index in [9.17, 15) is 4.79 Å². The van der Waals surface area contributed by atoms with Crippen molar-refractivity contribution in [2.24, 2.45) is 0 Å². The van der Waals surface area contributed by atoms with Crippen molar-refractivity contribution in [3.63, 3.8) is 0 Å². The van der Waals surface area contributed by atoms with Gasteiger partial charge in [0.25, 0.3) is 5.91 Å². The van der Waals surface area contributed by atoms with Gasteiger partial charge in [0.05, 0.1) is 17.6 Å². The number of nitrogens with zero attached hydrogens (tertiary/aromatic N) is 3. The molecule has 28 heavy (non-hydrogen) atoms. The number of carbonyl (C=O) groups excluding carboxylic acids is 1. The summed E-state index contributed by atoms with van der Waals surface area (Å²) in [7, 11) is 0. The predicted molar refractivity (Wildman–Crippen MR) is 111 cm³/mol. The molecule has 1 fully saturated rings. The molecule has 1 aliphatic heterocycles. The Morgan fingerprint density at radius 3 is 2.64 bits per heavy atom. The van der Waals surface area contributed by atoms with Gasteiger partial charge in [0, 0.05) is 30.4 Å². The molecule has 0 unspecified atom stereocenters. The Labute approximate surface area is 165 Å². The highest BCUT2D eigenvalue weighted by molar-refractivity contribution is 6.04.